The SMILES string of the molecule is F[C@H]1CCc2ccccc2[C@@]1(F)c1ccccc1. The van der Waals surface area contributed by atoms with Crippen molar-refractivity contribution in [2.45, 2.75) is 24.7 Å². The van der Waals surface area contributed by atoms with Gasteiger partial charge < -0.3 is 0 Å². The number of hydrogen-bond acceptors (Lipinski definition) is 0. The van der Waals surface area contributed by atoms with Crippen molar-refractivity contribution in [2.75, 3.05) is 0 Å². The standard InChI is InChI=1S/C16H14F2/c17-15-11-10-12-6-4-5-9-14(12)16(15,18)13-7-2-1-3-8-13/h1-9,15H,10-11H2/t15-,16-/m0/s1. The molecule has 2 aromatic rings. The third-order valence-corrected chi connectivity index (χ3v) is 3.70. The van der Waals surface area contributed by atoms with Gasteiger partial charge in [-0.1, -0.05) is 54.6 Å². The van der Waals surface area contributed by atoms with Crippen LogP contribution >= 0.6 is 0 Å². The summed E-state index contributed by atoms with van der Waals surface area (Å²) in [5.74, 6) is 0. The maximum atomic E-state index is 15.3. The number of alkyl halides is 2. The molecule has 18 heavy (non-hydrogen) atoms. The Labute approximate surface area is 105 Å². The van der Waals surface area contributed by atoms with Crippen LogP contribution in [0.3, 0.4) is 0 Å². The maximum Gasteiger partial charge on any atom is 0.192 e. The Hall–Kier alpha value is -1.70. The fourth-order valence-electron chi connectivity index (χ4n) is 2.76. The molecule has 2 atom stereocenters. The molecule has 0 aliphatic heterocycles. The minimum atomic E-state index is -2.00. The Bertz CT molecular complexity index is 550. The molecule has 92 valence electrons. The first kappa shape index (κ1) is 11.4. The molecular formula is C16H14F2. The van der Waals surface area contributed by atoms with Gasteiger partial charge in [0.2, 0.25) is 0 Å². The maximum absolute atomic E-state index is 15.3. The third-order valence-electron chi connectivity index (χ3n) is 3.70. The summed E-state index contributed by atoms with van der Waals surface area (Å²) in [5.41, 5.74) is -0.201. The van der Waals surface area contributed by atoms with E-state index in [9.17, 15) is 4.39 Å². The van der Waals surface area contributed by atoms with Crippen LogP contribution in [0.1, 0.15) is 23.1 Å². The number of aryl methyl sites for hydroxylation is 1. The van der Waals surface area contributed by atoms with Gasteiger partial charge in [0.05, 0.1) is 0 Å². The fourth-order valence-corrected chi connectivity index (χ4v) is 2.76. The Morgan fingerprint density at radius 3 is 2.39 bits per heavy atom. The first-order valence-electron chi connectivity index (χ1n) is 6.20. The Morgan fingerprint density at radius 1 is 0.944 bits per heavy atom. The quantitative estimate of drug-likeness (QED) is 0.705. The highest BCUT2D eigenvalue weighted by molar-refractivity contribution is 5.44. The second-order valence-electron chi connectivity index (χ2n) is 4.74. The lowest BCUT2D eigenvalue weighted by atomic mass is 9.75. The highest BCUT2D eigenvalue weighted by Gasteiger charge is 2.46. The lowest BCUT2D eigenvalue weighted by Gasteiger charge is -2.35. The Kier molecular flexibility index (Phi) is 2.66. The van der Waals surface area contributed by atoms with Gasteiger partial charge in [0.1, 0.15) is 6.17 Å². The molecular weight excluding hydrogens is 230 g/mol. The smallest absolute Gasteiger partial charge is 0.192 e. The number of fused-ring (bicyclic) bond motifs is 1. The van der Waals surface area contributed by atoms with E-state index in [1.165, 1.54) is 0 Å². The molecule has 2 heteroatoms. The zero-order valence-electron chi connectivity index (χ0n) is 9.94. The first-order chi connectivity index (χ1) is 8.73. The molecule has 0 heterocycles. The third kappa shape index (κ3) is 1.56. The zero-order chi connectivity index (χ0) is 12.6. The molecule has 3 rings (SSSR count). The molecule has 0 saturated carbocycles. The molecule has 0 aromatic heterocycles. The van der Waals surface area contributed by atoms with Crippen LogP contribution in [-0.4, -0.2) is 6.17 Å². The van der Waals surface area contributed by atoms with Crippen molar-refractivity contribution < 1.29 is 8.78 Å². The van der Waals surface area contributed by atoms with Crippen LogP contribution in [0.2, 0.25) is 0 Å². The number of halogens is 2. The van der Waals surface area contributed by atoms with E-state index in [0.717, 1.165) is 5.56 Å². The molecule has 0 nitrogen and oxygen atoms in total. The predicted molar refractivity (Wildman–Crippen MR) is 68.0 cm³/mol. The van der Waals surface area contributed by atoms with Gasteiger partial charge >= 0.3 is 0 Å². The lowest BCUT2D eigenvalue weighted by Crippen LogP contribution is -2.38. The minimum absolute atomic E-state index is 0.238. The van der Waals surface area contributed by atoms with E-state index in [1.54, 1.807) is 36.4 Å². The van der Waals surface area contributed by atoms with Crippen LogP contribution in [0, 0.1) is 0 Å². The second-order valence-corrected chi connectivity index (χ2v) is 4.74. The topological polar surface area (TPSA) is 0 Å². The van der Waals surface area contributed by atoms with E-state index in [0.29, 0.717) is 17.5 Å². The number of hydrogen-bond donors (Lipinski definition) is 0. The zero-order valence-corrected chi connectivity index (χ0v) is 9.94. The van der Waals surface area contributed by atoms with Crippen molar-refractivity contribution in [2.24, 2.45) is 0 Å². The lowest BCUT2D eigenvalue weighted by molar-refractivity contribution is 0.0696. The second kappa shape index (κ2) is 4.20. The summed E-state index contributed by atoms with van der Waals surface area (Å²) in [6.45, 7) is 0. The van der Waals surface area contributed by atoms with Crippen molar-refractivity contribution >= 4 is 0 Å². The Balaban J connectivity index is 2.21. The van der Waals surface area contributed by atoms with Gasteiger partial charge in [0.15, 0.2) is 5.67 Å². The van der Waals surface area contributed by atoms with Gasteiger partial charge in [-0.2, -0.15) is 0 Å². The predicted octanol–water partition coefficient (Wildman–Crippen LogP) is 4.18. The molecule has 2 aromatic carbocycles. The highest BCUT2D eigenvalue weighted by atomic mass is 19.2. The summed E-state index contributed by atoms with van der Waals surface area (Å²) in [6.07, 6.45) is -0.632. The van der Waals surface area contributed by atoms with Crippen LogP contribution < -0.4 is 0 Å². The van der Waals surface area contributed by atoms with E-state index < -0.39 is 11.8 Å². The van der Waals surface area contributed by atoms with Crippen LogP contribution in [0.4, 0.5) is 8.78 Å². The molecule has 1 aliphatic rings. The molecule has 0 unspecified atom stereocenters. The molecule has 0 radical (unpaired) electrons. The first-order valence-corrected chi connectivity index (χ1v) is 6.20. The highest BCUT2D eigenvalue weighted by Crippen LogP contribution is 2.45. The van der Waals surface area contributed by atoms with Crippen molar-refractivity contribution in [3.8, 4) is 0 Å². The van der Waals surface area contributed by atoms with Gasteiger partial charge in [0.25, 0.3) is 0 Å². The molecule has 0 bridgehead atoms. The average molecular weight is 244 g/mol. The van der Waals surface area contributed by atoms with Crippen LogP contribution in [0.25, 0.3) is 0 Å². The van der Waals surface area contributed by atoms with E-state index in [-0.39, 0.29) is 6.42 Å². The van der Waals surface area contributed by atoms with Gasteiger partial charge in [0, 0.05) is 0 Å². The number of rotatable bonds is 1. The average Bonchev–Trinajstić information content (AvgIpc) is 2.44. The van der Waals surface area contributed by atoms with E-state index >= 15 is 4.39 Å². The summed E-state index contributed by atoms with van der Waals surface area (Å²) in [4.78, 5) is 0. The molecule has 0 N–H and O–H groups in total. The molecule has 0 fully saturated rings. The normalized spacial score (nSPS) is 26.7. The van der Waals surface area contributed by atoms with E-state index in [2.05, 4.69) is 0 Å². The monoisotopic (exact) mass is 244 g/mol. The molecule has 1 aliphatic carbocycles. The van der Waals surface area contributed by atoms with Crippen molar-refractivity contribution in [1.29, 1.82) is 0 Å². The van der Waals surface area contributed by atoms with E-state index in [1.807, 2.05) is 18.2 Å². The fraction of sp³-hybridized carbons (Fsp3) is 0.250. The largest absolute Gasteiger partial charge is 0.243 e. The van der Waals surface area contributed by atoms with Crippen LogP contribution in [-0.2, 0) is 12.1 Å². The van der Waals surface area contributed by atoms with Gasteiger partial charge in [-0.15, -0.1) is 0 Å². The molecule has 0 amide bonds. The van der Waals surface area contributed by atoms with Gasteiger partial charge in [-0.3, -0.25) is 0 Å². The van der Waals surface area contributed by atoms with E-state index in [4.69, 9.17) is 0 Å². The van der Waals surface area contributed by atoms with Crippen molar-refractivity contribution in [3.05, 3.63) is 71.3 Å². The summed E-state index contributed by atoms with van der Waals surface area (Å²) >= 11 is 0. The van der Waals surface area contributed by atoms with Gasteiger partial charge in [-0.05, 0) is 29.5 Å². The van der Waals surface area contributed by atoms with Crippen LogP contribution in [0.5, 0.6) is 0 Å². The summed E-state index contributed by atoms with van der Waals surface area (Å²) in [5, 5.41) is 0. The minimum Gasteiger partial charge on any atom is -0.243 e. The molecule has 0 saturated heterocycles. The number of benzene rings is 2. The summed E-state index contributed by atoms with van der Waals surface area (Å²) in [7, 11) is 0. The molecule has 0 spiro atoms. The van der Waals surface area contributed by atoms with Crippen molar-refractivity contribution in [3.63, 3.8) is 0 Å². The summed E-state index contributed by atoms with van der Waals surface area (Å²) in [6, 6.07) is 15.9. The Morgan fingerprint density at radius 2 is 1.61 bits per heavy atom. The van der Waals surface area contributed by atoms with Crippen LogP contribution in [0.15, 0.2) is 54.6 Å². The summed E-state index contributed by atoms with van der Waals surface area (Å²) < 4.78 is 29.5. The van der Waals surface area contributed by atoms with Gasteiger partial charge in [-0.25, -0.2) is 8.78 Å². The van der Waals surface area contributed by atoms with Crippen molar-refractivity contribution in [1.82, 2.24) is 0 Å².